The van der Waals surface area contributed by atoms with Gasteiger partial charge in [0.25, 0.3) is 0 Å². The van der Waals surface area contributed by atoms with Crippen LogP contribution in [0.4, 0.5) is 0 Å². The van der Waals surface area contributed by atoms with Gasteiger partial charge in [-0.3, -0.25) is 4.79 Å². The van der Waals surface area contributed by atoms with Crippen LogP contribution in [0.15, 0.2) is 66.8 Å². The average Bonchev–Trinajstić information content (AvgIpc) is 2.85. The van der Waals surface area contributed by atoms with Crippen LogP contribution in [-0.4, -0.2) is 38.2 Å². The fraction of sp³-hybridized carbons (Fsp3) is 0.367. The molecule has 2 aromatic carbocycles. The molecule has 0 radical (unpaired) electrons. The second-order valence-electron chi connectivity index (χ2n) is 10.0. The molecule has 0 aliphatic rings. The van der Waals surface area contributed by atoms with Crippen molar-refractivity contribution < 1.29 is 33.3 Å². The van der Waals surface area contributed by atoms with Crippen molar-refractivity contribution in [3.05, 3.63) is 72.3 Å². The minimum absolute atomic E-state index is 0.0862. The third-order valence-electron chi connectivity index (χ3n) is 5.39. The van der Waals surface area contributed by atoms with Crippen LogP contribution in [0.5, 0.6) is 11.5 Å². The zero-order chi connectivity index (χ0) is 27.8. The molecule has 0 spiro atoms. The highest BCUT2D eigenvalue weighted by atomic mass is 16.6. The van der Waals surface area contributed by atoms with Crippen LogP contribution in [0.3, 0.4) is 0 Å². The molecule has 0 amide bonds. The minimum atomic E-state index is -0.636. The van der Waals surface area contributed by atoms with Crippen molar-refractivity contribution >= 4 is 17.9 Å². The molecule has 0 aliphatic carbocycles. The van der Waals surface area contributed by atoms with Gasteiger partial charge in [-0.2, -0.15) is 0 Å². The van der Waals surface area contributed by atoms with Crippen LogP contribution in [-0.2, 0) is 30.3 Å². The lowest BCUT2D eigenvalue weighted by Gasteiger charge is -2.18. The third kappa shape index (κ3) is 8.94. The van der Waals surface area contributed by atoms with Gasteiger partial charge < -0.3 is 18.9 Å². The first kappa shape index (κ1) is 29.4. The number of carbonyl (C=O) groups excluding carboxylic acids is 3. The summed E-state index contributed by atoms with van der Waals surface area (Å²) < 4.78 is 21.6. The topological polar surface area (TPSA) is 88.1 Å². The highest BCUT2D eigenvalue weighted by Gasteiger charge is 2.25. The second-order valence-corrected chi connectivity index (χ2v) is 10.0. The summed E-state index contributed by atoms with van der Waals surface area (Å²) in [5.41, 5.74) is 2.78. The van der Waals surface area contributed by atoms with E-state index in [0.717, 1.165) is 16.7 Å². The van der Waals surface area contributed by atoms with Crippen molar-refractivity contribution in [2.45, 2.75) is 41.0 Å². The van der Waals surface area contributed by atoms with Gasteiger partial charge in [0, 0.05) is 17.1 Å². The Morgan fingerprint density at radius 2 is 1.32 bits per heavy atom. The monoisotopic (exact) mass is 508 g/mol. The van der Waals surface area contributed by atoms with E-state index in [-0.39, 0.29) is 25.1 Å². The summed E-state index contributed by atoms with van der Waals surface area (Å²) in [6.45, 7) is 15.9. The second kappa shape index (κ2) is 12.9. The van der Waals surface area contributed by atoms with Crippen LogP contribution in [0.2, 0.25) is 0 Å². The Hall–Kier alpha value is -3.87. The summed E-state index contributed by atoms with van der Waals surface area (Å²) in [6.07, 6.45) is 0.526. The molecule has 0 unspecified atom stereocenters. The lowest BCUT2D eigenvalue weighted by Crippen LogP contribution is -2.25. The van der Waals surface area contributed by atoms with Gasteiger partial charge in [0.2, 0.25) is 0 Å². The van der Waals surface area contributed by atoms with Crippen LogP contribution in [0, 0.1) is 11.3 Å². The molecule has 0 saturated carbocycles. The number of ether oxygens (including phenoxy) is 4. The molecule has 37 heavy (non-hydrogen) atoms. The molecule has 7 nitrogen and oxygen atoms in total. The standard InChI is InChI=1S/C30H36O7/c1-19(2)27(31)35-17-22(18-36-28(32)20(3)4)15-21-9-11-23(12-10-21)24-13-14-25(26(16-24)34-8)37-29(33)30(5,6)7/h9-14,16,22H,1,3,15,17-18H2,2,4-8H3. The summed E-state index contributed by atoms with van der Waals surface area (Å²) >= 11 is 0. The Morgan fingerprint density at radius 1 is 0.811 bits per heavy atom. The third-order valence-corrected chi connectivity index (χ3v) is 5.39. The molecular formula is C30H36O7. The molecule has 0 N–H and O–H groups in total. The molecule has 0 bridgehead atoms. The zero-order valence-electron chi connectivity index (χ0n) is 22.5. The Bertz CT molecular complexity index is 1120. The van der Waals surface area contributed by atoms with E-state index in [1.54, 1.807) is 40.7 Å². The van der Waals surface area contributed by atoms with Crippen molar-refractivity contribution in [3.63, 3.8) is 0 Å². The van der Waals surface area contributed by atoms with Crippen molar-refractivity contribution in [3.8, 4) is 22.6 Å². The van der Waals surface area contributed by atoms with Gasteiger partial charge in [0.15, 0.2) is 11.5 Å². The van der Waals surface area contributed by atoms with E-state index in [2.05, 4.69) is 13.2 Å². The van der Waals surface area contributed by atoms with Gasteiger partial charge in [-0.25, -0.2) is 9.59 Å². The molecule has 2 rings (SSSR count). The van der Waals surface area contributed by atoms with E-state index >= 15 is 0 Å². The van der Waals surface area contributed by atoms with Gasteiger partial charge in [-0.05, 0) is 69.9 Å². The van der Waals surface area contributed by atoms with Crippen molar-refractivity contribution in [2.75, 3.05) is 20.3 Å². The Kier molecular flexibility index (Phi) is 10.2. The van der Waals surface area contributed by atoms with Crippen LogP contribution >= 0.6 is 0 Å². The number of hydrogen-bond acceptors (Lipinski definition) is 7. The van der Waals surface area contributed by atoms with Crippen molar-refractivity contribution in [2.24, 2.45) is 11.3 Å². The van der Waals surface area contributed by atoms with E-state index in [1.165, 1.54) is 7.11 Å². The fourth-order valence-corrected chi connectivity index (χ4v) is 3.15. The van der Waals surface area contributed by atoms with E-state index in [4.69, 9.17) is 18.9 Å². The predicted octanol–water partition coefficient (Wildman–Crippen LogP) is 5.71. The molecule has 0 aliphatic heterocycles. The Balaban J connectivity index is 2.16. The average molecular weight is 509 g/mol. The number of carbonyl (C=O) groups is 3. The summed E-state index contributed by atoms with van der Waals surface area (Å²) in [7, 11) is 1.53. The molecule has 0 atom stereocenters. The van der Waals surface area contributed by atoms with Crippen molar-refractivity contribution in [1.82, 2.24) is 0 Å². The molecule has 2 aromatic rings. The van der Waals surface area contributed by atoms with E-state index in [1.807, 2.05) is 36.4 Å². The van der Waals surface area contributed by atoms with Crippen LogP contribution in [0.25, 0.3) is 11.1 Å². The quantitative estimate of drug-likeness (QED) is 0.218. The molecule has 0 aromatic heterocycles. The lowest BCUT2D eigenvalue weighted by molar-refractivity contribution is -0.144. The van der Waals surface area contributed by atoms with E-state index in [9.17, 15) is 14.4 Å². The highest BCUT2D eigenvalue weighted by Crippen LogP contribution is 2.34. The van der Waals surface area contributed by atoms with Gasteiger partial charge >= 0.3 is 17.9 Å². The van der Waals surface area contributed by atoms with Gasteiger partial charge in [-0.15, -0.1) is 0 Å². The van der Waals surface area contributed by atoms with Gasteiger partial charge in [0.05, 0.1) is 25.7 Å². The maximum atomic E-state index is 12.3. The lowest BCUT2D eigenvalue weighted by atomic mass is 9.97. The Labute approximate surface area is 219 Å². The first-order chi connectivity index (χ1) is 17.3. The maximum absolute atomic E-state index is 12.3. The first-order valence-corrected chi connectivity index (χ1v) is 12.0. The predicted molar refractivity (Wildman–Crippen MR) is 142 cm³/mol. The number of benzene rings is 2. The fourth-order valence-electron chi connectivity index (χ4n) is 3.15. The minimum Gasteiger partial charge on any atom is -0.493 e. The van der Waals surface area contributed by atoms with Gasteiger partial charge in [-0.1, -0.05) is 43.5 Å². The first-order valence-electron chi connectivity index (χ1n) is 12.0. The SMILES string of the molecule is C=C(C)C(=O)OCC(COC(=O)C(=C)C)Cc1ccc(-c2ccc(OC(=O)C(C)(C)C)c(OC)c2)cc1. The summed E-state index contributed by atoms with van der Waals surface area (Å²) in [5, 5.41) is 0. The normalized spacial score (nSPS) is 11.0. The number of methoxy groups -OCH3 is 1. The van der Waals surface area contributed by atoms with E-state index < -0.39 is 17.4 Å². The summed E-state index contributed by atoms with van der Waals surface area (Å²) in [5.74, 6) is -0.749. The highest BCUT2D eigenvalue weighted by molar-refractivity contribution is 5.87. The number of rotatable bonds is 11. The summed E-state index contributed by atoms with van der Waals surface area (Å²) in [4.78, 5) is 36.0. The molecule has 0 heterocycles. The van der Waals surface area contributed by atoms with Crippen LogP contribution < -0.4 is 9.47 Å². The van der Waals surface area contributed by atoms with Crippen LogP contribution in [0.1, 0.15) is 40.2 Å². The molecule has 7 heteroatoms. The zero-order valence-corrected chi connectivity index (χ0v) is 22.5. The molecule has 198 valence electrons. The number of esters is 3. The van der Waals surface area contributed by atoms with Crippen molar-refractivity contribution in [1.29, 1.82) is 0 Å². The maximum Gasteiger partial charge on any atom is 0.333 e. The largest absolute Gasteiger partial charge is 0.493 e. The molecular weight excluding hydrogens is 472 g/mol. The van der Waals surface area contributed by atoms with E-state index in [0.29, 0.717) is 29.1 Å². The smallest absolute Gasteiger partial charge is 0.333 e. The molecule has 0 saturated heterocycles. The summed E-state index contributed by atoms with van der Waals surface area (Å²) in [6, 6.07) is 13.2. The van der Waals surface area contributed by atoms with Gasteiger partial charge in [0.1, 0.15) is 0 Å². The molecule has 0 fully saturated rings. The Morgan fingerprint density at radius 3 is 1.78 bits per heavy atom. The number of hydrogen-bond donors (Lipinski definition) is 0.